The topological polar surface area (TPSA) is 62.2 Å². The smallest absolute Gasteiger partial charge is 0.154 e. The predicted octanol–water partition coefficient (Wildman–Crippen LogP) is 2.01. The van der Waals surface area contributed by atoms with E-state index < -0.39 is 0 Å². The van der Waals surface area contributed by atoms with Crippen LogP contribution in [0.5, 0.6) is 0 Å². The Bertz CT molecular complexity index is 388. The van der Waals surface area contributed by atoms with E-state index in [0.29, 0.717) is 5.84 Å². The number of nitrogens with two attached hydrogens (primary N) is 1. The van der Waals surface area contributed by atoms with Crippen molar-refractivity contribution in [3.63, 3.8) is 0 Å². The Morgan fingerprint density at radius 3 is 2.57 bits per heavy atom. The van der Waals surface area contributed by atoms with Crippen LogP contribution in [-0.2, 0) is 0 Å². The normalized spacial score (nSPS) is 11.5. The molecule has 3 N–H and O–H groups in total. The number of nitrogens with zero attached hydrogens (tertiary/aromatic N) is 1. The van der Waals surface area contributed by atoms with E-state index in [1.54, 1.807) is 6.92 Å². The number of benzene rings is 1. The van der Waals surface area contributed by atoms with Crippen LogP contribution in [0.2, 0.25) is 0 Å². The van der Waals surface area contributed by atoms with Crippen LogP contribution in [0.25, 0.3) is 0 Å². The number of amidine groups is 2. The van der Waals surface area contributed by atoms with Gasteiger partial charge in [-0.05, 0) is 31.9 Å². The summed E-state index contributed by atoms with van der Waals surface area (Å²) in [5.41, 5.74) is 8.52. The number of hydrogen-bond donors (Lipinski definition) is 2. The molecule has 0 amide bonds. The second-order valence-corrected chi connectivity index (χ2v) is 3.35. The maximum absolute atomic E-state index is 7.73. The highest BCUT2D eigenvalue weighted by molar-refractivity contribution is 6.04. The summed E-state index contributed by atoms with van der Waals surface area (Å²) >= 11 is 0. The van der Waals surface area contributed by atoms with Crippen LogP contribution < -0.4 is 5.73 Å². The fourth-order valence-corrected chi connectivity index (χ4v) is 1.24. The van der Waals surface area contributed by atoms with Gasteiger partial charge in [0.1, 0.15) is 0 Å². The molecule has 0 heterocycles. The van der Waals surface area contributed by atoms with Gasteiger partial charge in [0.2, 0.25) is 0 Å². The molecule has 1 aromatic rings. The zero-order valence-corrected chi connectivity index (χ0v) is 8.76. The maximum Gasteiger partial charge on any atom is 0.154 e. The lowest BCUT2D eigenvalue weighted by molar-refractivity contribution is 1.29. The van der Waals surface area contributed by atoms with Crippen molar-refractivity contribution in [1.82, 2.24) is 0 Å². The van der Waals surface area contributed by atoms with Crippen LogP contribution >= 0.6 is 0 Å². The highest BCUT2D eigenvalue weighted by Gasteiger charge is 2.04. The fraction of sp³-hybridized carbons (Fsp3) is 0.273. The molecule has 0 radical (unpaired) electrons. The van der Waals surface area contributed by atoms with Gasteiger partial charge in [-0.1, -0.05) is 18.2 Å². The molecule has 0 atom stereocenters. The van der Waals surface area contributed by atoms with Gasteiger partial charge in [-0.2, -0.15) is 0 Å². The lowest BCUT2D eigenvalue weighted by Crippen LogP contribution is -2.10. The minimum atomic E-state index is 0.228. The fourth-order valence-electron chi connectivity index (χ4n) is 1.24. The molecule has 0 aromatic heterocycles. The molecule has 74 valence electrons. The average molecular weight is 189 g/mol. The monoisotopic (exact) mass is 189 g/mol. The summed E-state index contributed by atoms with van der Waals surface area (Å²) in [6, 6.07) is 5.83. The molecule has 0 aliphatic carbocycles. The van der Waals surface area contributed by atoms with E-state index in [-0.39, 0.29) is 5.84 Å². The molecular formula is C11H15N3. The van der Waals surface area contributed by atoms with E-state index in [0.717, 1.165) is 16.7 Å². The van der Waals surface area contributed by atoms with Crippen LogP contribution in [0.1, 0.15) is 23.6 Å². The molecule has 14 heavy (non-hydrogen) atoms. The molecule has 0 bridgehead atoms. The van der Waals surface area contributed by atoms with Crippen molar-refractivity contribution in [2.24, 2.45) is 10.7 Å². The zero-order chi connectivity index (χ0) is 10.7. The van der Waals surface area contributed by atoms with Crippen molar-refractivity contribution in [2.75, 3.05) is 0 Å². The van der Waals surface area contributed by atoms with E-state index in [1.807, 2.05) is 32.0 Å². The standard InChI is InChI=1S/C11H15N3/c1-7-5-4-6-10(8(7)2)11(13)14-9(3)12/h4-6H,1-3H3,(H3,12,13,14). The number of nitrogens with one attached hydrogen (secondary N) is 1. The van der Waals surface area contributed by atoms with E-state index in [4.69, 9.17) is 11.1 Å². The number of rotatable bonds is 1. The Morgan fingerprint density at radius 1 is 1.36 bits per heavy atom. The second kappa shape index (κ2) is 4.05. The third-order valence-electron chi connectivity index (χ3n) is 2.15. The highest BCUT2D eigenvalue weighted by Crippen LogP contribution is 2.13. The van der Waals surface area contributed by atoms with E-state index in [1.165, 1.54) is 0 Å². The zero-order valence-electron chi connectivity index (χ0n) is 8.76. The Labute approximate surface area is 84.2 Å². The molecule has 3 nitrogen and oxygen atoms in total. The molecule has 0 saturated carbocycles. The minimum absolute atomic E-state index is 0.228. The van der Waals surface area contributed by atoms with Crippen LogP contribution in [0.15, 0.2) is 23.2 Å². The summed E-state index contributed by atoms with van der Waals surface area (Å²) in [6.45, 7) is 5.69. The average Bonchev–Trinajstić information content (AvgIpc) is 2.08. The Kier molecular flexibility index (Phi) is 3.02. The van der Waals surface area contributed by atoms with E-state index in [2.05, 4.69) is 4.99 Å². The van der Waals surface area contributed by atoms with Crippen LogP contribution in [0.4, 0.5) is 0 Å². The Morgan fingerprint density at radius 2 is 2.00 bits per heavy atom. The Hall–Kier alpha value is -1.64. The van der Waals surface area contributed by atoms with Gasteiger partial charge in [0, 0.05) is 5.56 Å². The first-order valence-corrected chi connectivity index (χ1v) is 4.48. The quantitative estimate of drug-likeness (QED) is 0.515. The second-order valence-electron chi connectivity index (χ2n) is 3.35. The number of hydrogen-bond acceptors (Lipinski definition) is 1. The molecule has 0 unspecified atom stereocenters. The summed E-state index contributed by atoms with van der Waals surface area (Å²) in [6.07, 6.45) is 0. The van der Waals surface area contributed by atoms with E-state index >= 15 is 0 Å². The third kappa shape index (κ3) is 2.19. The van der Waals surface area contributed by atoms with Crippen molar-refractivity contribution in [2.45, 2.75) is 20.8 Å². The molecule has 0 aliphatic rings. The van der Waals surface area contributed by atoms with Crippen molar-refractivity contribution in [3.05, 3.63) is 34.9 Å². The van der Waals surface area contributed by atoms with E-state index in [9.17, 15) is 0 Å². The minimum Gasteiger partial charge on any atom is -0.387 e. The molecule has 1 aromatic carbocycles. The molecule has 0 saturated heterocycles. The molecular weight excluding hydrogens is 174 g/mol. The molecule has 3 heteroatoms. The highest BCUT2D eigenvalue weighted by atomic mass is 14.9. The van der Waals surface area contributed by atoms with Gasteiger partial charge in [-0.3, -0.25) is 5.41 Å². The lowest BCUT2D eigenvalue weighted by atomic mass is 10.0. The first-order chi connectivity index (χ1) is 6.52. The summed E-state index contributed by atoms with van der Waals surface area (Å²) < 4.78 is 0. The molecule has 0 aliphatic heterocycles. The SMILES string of the molecule is CC(N)=NC(=N)c1cccc(C)c1C. The van der Waals surface area contributed by atoms with Gasteiger partial charge < -0.3 is 5.73 Å². The van der Waals surface area contributed by atoms with Crippen LogP contribution in [0, 0.1) is 19.3 Å². The molecule has 1 rings (SSSR count). The van der Waals surface area contributed by atoms with Crippen molar-refractivity contribution >= 4 is 11.7 Å². The van der Waals surface area contributed by atoms with Gasteiger partial charge in [0.25, 0.3) is 0 Å². The maximum atomic E-state index is 7.73. The van der Waals surface area contributed by atoms with Crippen LogP contribution in [-0.4, -0.2) is 11.7 Å². The van der Waals surface area contributed by atoms with Crippen molar-refractivity contribution in [3.8, 4) is 0 Å². The van der Waals surface area contributed by atoms with Crippen LogP contribution in [0.3, 0.4) is 0 Å². The van der Waals surface area contributed by atoms with Gasteiger partial charge in [-0.15, -0.1) is 0 Å². The van der Waals surface area contributed by atoms with Gasteiger partial charge in [-0.25, -0.2) is 4.99 Å². The van der Waals surface area contributed by atoms with Gasteiger partial charge in [0.05, 0.1) is 5.84 Å². The number of aryl methyl sites for hydroxylation is 1. The first-order valence-electron chi connectivity index (χ1n) is 4.48. The molecule has 0 spiro atoms. The summed E-state index contributed by atoms with van der Waals surface area (Å²) in [5, 5.41) is 7.73. The largest absolute Gasteiger partial charge is 0.387 e. The summed E-state index contributed by atoms with van der Waals surface area (Å²) in [7, 11) is 0. The number of aliphatic imine (C=N–C) groups is 1. The molecule has 0 fully saturated rings. The van der Waals surface area contributed by atoms with Crippen molar-refractivity contribution < 1.29 is 0 Å². The van der Waals surface area contributed by atoms with Crippen molar-refractivity contribution in [1.29, 1.82) is 5.41 Å². The Balaban J connectivity index is 3.14. The summed E-state index contributed by atoms with van der Waals surface area (Å²) in [5.74, 6) is 0.641. The first kappa shape index (κ1) is 10.4. The third-order valence-corrected chi connectivity index (χ3v) is 2.15. The summed E-state index contributed by atoms with van der Waals surface area (Å²) in [4.78, 5) is 3.93. The lowest BCUT2D eigenvalue weighted by Gasteiger charge is -2.06. The van der Waals surface area contributed by atoms with Gasteiger partial charge >= 0.3 is 0 Å². The predicted molar refractivity (Wildman–Crippen MR) is 60.0 cm³/mol. The van der Waals surface area contributed by atoms with Gasteiger partial charge in [0.15, 0.2) is 5.84 Å².